The molecule has 1 rings (SSSR count). The van der Waals surface area contributed by atoms with Gasteiger partial charge in [-0.2, -0.15) is 0 Å². The van der Waals surface area contributed by atoms with Gasteiger partial charge < -0.3 is 31.4 Å². The van der Waals surface area contributed by atoms with Gasteiger partial charge in [-0.05, 0) is 74.0 Å². The van der Waals surface area contributed by atoms with Crippen LogP contribution in [0, 0.1) is 35.5 Å². The van der Waals surface area contributed by atoms with Crippen LogP contribution < -0.4 is 32.1 Å². The van der Waals surface area contributed by atoms with Crippen molar-refractivity contribution in [2.24, 2.45) is 35.5 Å². The predicted molar refractivity (Wildman–Crippen MR) is 189 cm³/mol. The van der Waals surface area contributed by atoms with E-state index in [1.807, 2.05) is 83.1 Å². The minimum atomic E-state index is -1.07. The standard InChI is InChI=1S/C36H66N6O7/c1-19(2)13-25-31(43)37-26(14-20(3)4)32(44)39-28(16-22(7)8)34(46)41-30(18-24(11)12)36(48)49-42-29(17-23(9)10)35(47)40-27(15-21(5)6)33(45)38-25/h19-30,42H,13-18H2,1-12H3,(H,37,43)(H,38,45)(H,39,44)(H,40,47)(H,41,46)/t25-,26-,27-,28-,29-,30-/m0/s1. The van der Waals surface area contributed by atoms with E-state index in [1.54, 1.807) is 0 Å². The molecule has 282 valence electrons. The third-order valence-electron chi connectivity index (χ3n) is 7.99. The first kappa shape index (κ1) is 43.8. The van der Waals surface area contributed by atoms with Crippen molar-refractivity contribution in [1.82, 2.24) is 32.1 Å². The van der Waals surface area contributed by atoms with Gasteiger partial charge in [0.1, 0.15) is 36.3 Å². The highest BCUT2D eigenvalue weighted by molar-refractivity contribution is 5.96. The Bertz CT molecular complexity index is 1110. The van der Waals surface area contributed by atoms with Crippen LogP contribution in [-0.2, 0) is 33.6 Å². The maximum absolute atomic E-state index is 13.8. The highest BCUT2D eigenvalue weighted by Crippen LogP contribution is 2.15. The van der Waals surface area contributed by atoms with Gasteiger partial charge in [0.05, 0.1) is 0 Å². The van der Waals surface area contributed by atoms with Crippen LogP contribution in [0.15, 0.2) is 0 Å². The van der Waals surface area contributed by atoms with Crippen LogP contribution in [0.25, 0.3) is 0 Å². The zero-order chi connectivity index (χ0) is 37.6. The summed E-state index contributed by atoms with van der Waals surface area (Å²) in [6, 6.07) is -6.03. The van der Waals surface area contributed by atoms with Gasteiger partial charge in [-0.15, -0.1) is 5.48 Å². The fourth-order valence-corrected chi connectivity index (χ4v) is 5.74. The number of carbonyl (C=O) groups excluding carboxylic acids is 6. The van der Waals surface area contributed by atoms with Gasteiger partial charge in [-0.25, -0.2) is 4.79 Å². The third kappa shape index (κ3) is 16.8. The lowest BCUT2D eigenvalue weighted by atomic mass is 9.97. The van der Waals surface area contributed by atoms with E-state index >= 15 is 0 Å². The molecule has 0 aromatic carbocycles. The molecular formula is C36H66N6O7. The highest BCUT2D eigenvalue weighted by atomic mass is 16.7. The SMILES string of the molecule is CC(C)C[C@@H]1NOC(=O)[C@H](CC(C)C)NC(=O)[C@H](CC(C)C)NC(=O)[C@H](CC(C)C)NC(=O)[C@H](CC(C)C)NC(=O)[C@H](CC(C)C)NC1=O. The van der Waals surface area contributed by atoms with Crippen LogP contribution in [0.4, 0.5) is 0 Å². The molecule has 0 aliphatic carbocycles. The maximum atomic E-state index is 13.8. The molecule has 0 spiro atoms. The first-order chi connectivity index (χ1) is 22.7. The van der Waals surface area contributed by atoms with Gasteiger partial charge in [0.2, 0.25) is 29.5 Å². The minimum absolute atomic E-state index is 0.00712. The molecule has 13 nitrogen and oxygen atoms in total. The molecular weight excluding hydrogens is 628 g/mol. The number of carbonyl (C=O) groups is 6. The van der Waals surface area contributed by atoms with E-state index in [2.05, 4.69) is 32.1 Å². The third-order valence-corrected chi connectivity index (χ3v) is 7.99. The second kappa shape index (κ2) is 21.1. The molecule has 1 aliphatic heterocycles. The Morgan fingerprint density at radius 1 is 0.367 bits per heavy atom. The van der Waals surface area contributed by atoms with Crippen molar-refractivity contribution in [3.8, 4) is 0 Å². The number of amides is 5. The predicted octanol–water partition coefficient (Wildman–Crippen LogP) is 3.12. The first-order valence-electron chi connectivity index (χ1n) is 18.2. The molecule has 0 unspecified atom stereocenters. The Kier molecular flexibility index (Phi) is 18.9. The summed E-state index contributed by atoms with van der Waals surface area (Å²) in [7, 11) is 0. The molecule has 0 saturated carbocycles. The van der Waals surface area contributed by atoms with Crippen molar-refractivity contribution in [2.45, 2.75) is 158 Å². The average Bonchev–Trinajstić information content (AvgIpc) is 2.95. The van der Waals surface area contributed by atoms with Crippen molar-refractivity contribution < 1.29 is 33.6 Å². The lowest BCUT2D eigenvalue weighted by Crippen LogP contribution is -2.59. The zero-order valence-electron chi connectivity index (χ0n) is 32.0. The van der Waals surface area contributed by atoms with Gasteiger partial charge in [0, 0.05) is 0 Å². The number of nitrogens with one attached hydrogen (secondary N) is 6. The van der Waals surface area contributed by atoms with Gasteiger partial charge in [0.25, 0.3) is 0 Å². The lowest BCUT2D eigenvalue weighted by Gasteiger charge is -2.29. The molecule has 6 N–H and O–H groups in total. The van der Waals surface area contributed by atoms with E-state index < -0.39 is 71.8 Å². The van der Waals surface area contributed by atoms with Crippen molar-refractivity contribution in [2.75, 3.05) is 0 Å². The molecule has 1 aliphatic rings. The minimum Gasteiger partial charge on any atom is -0.368 e. The Labute approximate surface area is 294 Å². The summed E-state index contributed by atoms with van der Waals surface area (Å²) in [5.74, 6) is -3.43. The fraction of sp³-hybridized carbons (Fsp3) is 0.833. The van der Waals surface area contributed by atoms with Crippen LogP contribution in [-0.4, -0.2) is 71.8 Å². The lowest BCUT2D eigenvalue weighted by molar-refractivity contribution is -0.159. The molecule has 1 saturated heterocycles. The van der Waals surface area contributed by atoms with E-state index in [-0.39, 0.29) is 61.2 Å². The fourth-order valence-electron chi connectivity index (χ4n) is 5.74. The summed E-state index contributed by atoms with van der Waals surface area (Å²) in [4.78, 5) is 87.6. The molecule has 49 heavy (non-hydrogen) atoms. The second-order valence-electron chi connectivity index (χ2n) is 16.2. The molecule has 0 aromatic heterocycles. The Morgan fingerprint density at radius 2 is 0.571 bits per heavy atom. The summed E-state index contributed by atoms with van der Waals surface area (Å²) < 4.78 is 0. The number of hydroxylamine groups is 1. The largest absolute Gasteiger partial charge is 0.368 e. The quantitative estimate of drug-likeness (QED) is 0.180. The summed E-state index contributed by atoms with van der Waals surface area (Å²) >= 11 is 0. The molecule has 6 atom stereocenters. The number of hydrogen-bond donors (Lipinski definition) is 6. The van der Waals surface area contributed by atoms with E-state index in [9.17, 15) is 28.8 Å². The molecule has 0 bridgehead atoms. The van der Waals surface area contributed by atoms with Gasteiger partial charge >= 0.3 is 5.97 Å². The van der Waals surface area contributed by atoms with Crippen LogP contribution >= 0.6 is 0 Å². The van der Waals surface area contributed by atoms with E-state index in [0.717, 1.165) is 0 Å². The van der Waals surface area contributed by atoms with Gasteiger partial charge in [-0.1, -0.05) is 83.1 Å². The summed E-state index contributed by atoms with van der Waals surface area (Å²) in [5.41, 5.74) is 2.61. The van der Waals surface area contributed by atoms with Crippen molar-refractivity contribution in [1.29, 1.82) is 0 Å². The first-order valence-corrected chi connectivity index (χ1v) is 18.2. The van der Waals surface area contributed by atoms with Crippen LogP contribution in [0.5, 0.6) is 0 Å². The molecule has 5 amide bonds. The molecule has 0 aromatic rings. The smallest absolute Gasteiger partial charge is 0.347 e. The Hall–Kier alpha value is -3.22. The Morgan fingerprint density at radius 3 is 0.837 bits per heavy atom. The number of hydrogen-bond acceptors (Lipinski definition) is 8. The van der Waals surface area contributed by atoms with Crippen LogP contribution in [0.2, 0.25) is 0 Å². The summed E-state index contributed by atoms with van der Waals surface area (Å²) in [5, 5.41) is 14.1. The summed E-state index contributed by atoms with van der Waals surface area (Å²) in [6.45, 7) is 23.0. The van der Waals surface area contributed by atoms with Gasteiger partial charge in [0.15, 0.2) is 0 Å². The molecule has 1 heterocycles. The monoisotopic (exact) mass is 694 g/mol. The van der Waals surface area contributed by atoms with Crippen LogP contribution in [0.3, 0.4) is 0 Å². The van der Waals surface area contributed by atoms with Crippen molar-refractivity contribution in [3.63, 3.8) is 0 Å². The average molecular weight is 695 g/mol. The summed E-state index contributed by atoms with van der Waals surface area (Å²) in [6.07, 6.45) is 1.68. The molecule has 1 fully saturated rings. The highest BCUT2D eigenvalue weighted by Gasteiger charge is 2.35. The number of rotatable bonds is 12. The van der Waals surface area contributed by atoms with E-state index in [1.165, 1.54) is 0 Å². The molecule has 13 heteroatoms. The topological polar surface area (TPSA) is 184 Å². The molecule has 0 radical (unpaired) electrons. The maximum Gasteiger partial charge on any atom is 0.347 e. The normalized spacial score (nSPS) is 25.8. The van der Waals surface area contributed by atoms with Crippen LogP contribution in [0.1, 0.15) is 122 Å². The zero-order valence-corrected chi connectivity index (χ0v) is 32.0. The van der Waals surface area contributed by atoms with Gasteiger partial charge in [-0.3, -0.25) is 24.0 Å². The van der Waals surface area contributed by atoms with E-state index in [0.29, 0.717) is 12.8 Å². The second-order valence-corrected chi connectivity index (χ2v) is 16.2. The van der Waals surface area contributed by atoms with Crippen molar-refractivity contribution in [3.05, 3.63) is 0 Å². The Balaban J connectivity index is 3.74. The van der Waals surface area contributed by atoms with E-state index in [4.69, 9.17) is 4.84 Å². The van der Waals surface area contributed by atoms with Crippen molar-refractivity contribution >= 4 is 35.5 Å².